The second-order valence-electron chi connectivity index (χ2n) is 6.28. The van der Waals surface area contributed by atoms with Gasteiger partial charge in [0, 0.05) is 5.92 Å². The number of hydrogen-bond donors (Lipinski definition) is 1. The molecule has 16 heavy (non-hydrogen) atoms. The lowest BCUT2D eigenvalue weighted by Crippen LogP contribution is -2.05. The minimum atomic E-state index is -0.328. The Bertz CT molecular complexity index is 372. The molecule has 1 unspecified atom stereocenters. The van der Waals surface area contributed by atoms with Crippen LogP contribution in [0.3, 0.4) is 0 Å². The fourth-order valence-corrected chi connectivity index (χ4v) is 2.99. The van der Waals surface area contributed by atoms with Gasteiger partial charge in [-0.15, -0.1) is 0 Å². The third kappa shape index (κ3) is 1.49. The summed E-state index contributed by atoms with van der Waals surface area (Å²) < 4.78 is 0. The Morgan fingerprint density at radius 2 is 1.44 bits per heavy atom. The first-order valence-corrected chi connectivity index (χ1v) is 6.03. The summed E-state index contributed by atoms with van der Waals surface area (Å²) in [7, 11) is 0. The van der Waals surface area contributed by atoms with Crippen molar-refractivity contribution in [2.75, 3.05) is 0 Å². The van der Waals surface area contributed by atoms with E-state index < -0.39 is 0 Å². The molecule has 1 atom stereocenters. The number of benzene rings is 1. The van der Waals surface area contributed by atoms with Gasteiger partial charge in [-0.2, -0.15) is 0 Å². The quantitative estimate of drug-likeness (QED) is 0.802. The molecule has 0 spiro atoms. The normalized spacial score (nSPS) is 24.1. The fourth-order valence-electron chi connectivity index (χ4n) is 2.99. The van der Waals surface area contributed by atoms with Crippen molar-refractivity contribution in [1.82, 2.24) is 0 Å². The van der Waals surface area contributed by atoms with Crippen molar-refractivity contribution < 1.29 is 5.11 Å². The maximum atomic E-state index is 10.4. The van der Waals surface area contributed by atoms with Gasteiger partial charge in [0.25, 0.3) is 0 Å². The van der Waals surface area contributed by atoms with Crippen LogP contribution in [0.25, 0.3) is 0 Å². The first kappa shape index (κ1) is 11.7. The Hall–Kier alpha value is -0.820. The molecule has 1 saturated carbocycles. The van der Waals surface area contributed by atoms with Crippen LogP contribution >= 0.6 is 0 Å². The van der Waals surface area contributed by atoms with Crippen molar-refractivity contribution in [3.05, 3.63) is 35.4 Å². The van der Waals surface area contributed by atoms with E-state index in [0.717, 1.165) is 5.56 Å². The molecule has 0 bridgehead atoms. The van der Waals surface area contributed by atoms with Gasteiger partial charge in [0.1, 0.15) is 0 Å². The second-order valence-corrected chi connectivity index (χ2v) is 6.28. The zero-order valence-corrected chi connectivity index (χ0v) is 10.9. The SMILES string of the molecule is Cc1ccc(C(O)C2C(C)(C)C2(C)C)cc1. The Morgan fingerprint density at radius 1 is 1.00 bits per heavy atom. The first-order chi connectivity index (χ1) is 7.28. The van der Waals surface area contributed by atoms with E-state index in [2.05, 4.69) is 46.8 Å². The fraction of sp³-hybridized carbons (Fsp3) is 0.600. The number of aliphatic hydroxyl groups excluding tert-OH is 1. The van der Waals surface area contributed by atoms with Gasteiger partial charge in [-0.05, 0) is 23.3 Å². The average molecular weight is 218 g/mol. The molecule has 0 aromatic heterocycles. The molecule has 1 aromatic rings. The highest BCUT2D eigenvalue weighted by Gasteiger charge is 2.67. The van der Waals surface area contributed by atoms with Crippen LogP contribution in [-0.2, 0) is 0 Å². The second kappa shape index (κ2) is 3.33. The van der Waals surface area contributed by atoms with Crippen molar-refractivity contribution >= 4 is 0 Å². The Balaban J connectivity index is 2.22. The molecule has 0 heterocycles. The van der Waals surface area contributed by atoms with Crippen molar-refractivity contribution in [2.45, 2.75) is 40.7 Å². The van der Waals surface area contributed by atoms with Crippen molar-refractivity contribution in [3.8, 4) is 0 Å². The van der Waals surface area contributed by atoms with E-state index in [1.165, 1.54) is 5.56 Å². The molecule has 88 valence electrons. The average Bonchev–Trinajstić information content (AvgIpc) is 2.57. The third-order valence-electron chi connectivity index (χ3n) is 4.87. The van der Waals surface area contributed by atoms with Crippen LogP contribution in [0.1, 0.15) is 44.9 Å². The summed E-state index contributed by atoms with van der Waals surface area (Å²) in [5.41, 5.74) is 2.76. The molecule has 0 saturated heterocycles. The van der Waals surface area contributed by atoms with E-state index in [-0.39, 0.29) is 16.9 Å². The molecular weight excluding hydrogens is 196 g/mol. The lowest BCUT2D eigenvalue weighted by molar-refractivity contribution is 0.130. The summed E-state index contributed by atoms with van der Waals surface area (Å²) in [6.45, 7) is 11.1. The van der Waals surface area contributed by atoms with Gasteiger partial charge in [-0.3, -0.25) is 0 Å². The maximum Gasteiger partial charge on any atom is 0.0828 e. The highest BCUT2D eigenvalue weighted by molar-refractivity contribution is 5.28. The van der Waals surface area contributed by atoms with E-state index in [9.17, 15) is 5.11 Å². The first-order valence-electron chi connectivity index (χ1n) is 6.03. The van der Waals surface area contributed by atoms with Gasteiger partial charge in [-0.1, -0.05) is 57.5 Å². The van der Waals surface area contributed by atoms with Gasteiger partial charge in [0.2, 0.25) is 0 Å². The monoisotopic (exact) mass is 218 g/mol. The summed E-state index contributed by atoms with van der Waals surface area (Å²) in [5, 5.41) is 10.4. The van der Waals surface area contributed by atoms with Gasteiger partial charge < -0.3 is 5.11 Å². The minimum Gasteiger partial charge on any atom is -0.388 e. The van der Waals surface area contributed by atoms with E-state index >= 15 is 0 Å². The van der Waals surface area contributed by atoms with E-state index in [4.69, 9.17) is 0 Å². The predicted molar refractivity (Wildman–Crippen MR) is 67.2 cm³/mol. The predicted octanol–water partition coefficient (Wildman–Crippen LogP) is 3.71. The third-order valence-corrected chi connectivity index (χ3v) is 4.87. The van der Waals surface area contributed by atoms with Crippen LogP contribution in [-0.4, -0.2) is 5.11 Å². The lowest BCUT2D eigenvalue weighted by atomic mass is 9.99. The Morgan fingerprint density at radius 3 is 1.81 bits per heavy atom. The van der Waals surface area contributed by atoms with E-state index in [0.29, 0.717) is 5.92 Å². The molecule has 0 radical (unpaired) electrons. The van der Waals surface area contributed by atoms with Gasteiger partial charge in [0.15, 0.2) is 0 Å². The maximum absolute atomic E-state index is 10.4. The molecule has 1 heteroatoms. The number of hydrogen-bond acceptors (Lipinski definition) is 1. The Labute approximate surface area is 98.5 Å². The van der Waals surface area contributed by atoms with E-state index in [1.807, 2.05) is 12.1 Å². The highest BCUT2D eigenvalue weighted by atomic mass is 16.3. The number of rotatable bonds is 2. The summed E-state index contributed by atoms with van der Waals surface area (Å²) in [6.07, 6.45) is -0.328. The molecule has 2 rings (SSSR count). The van der Waals surface area contributed by atoms with Crippen LogP contribution in [0.2, 0.25) is 0 Å². The smallest absolute Gasteiger partial charge is 0.0828 e. The van der Waals surface area contributed by atoms with Crippen LogP contribution in [0.4, 0.5) is 0 Å². The number of aliphatic hydroxyl groups is 1. The van der Waals surface area contributed by atoms with Crippen LogP contribution < -0.4 is 0 Å². The minimum absolute atomic E-state index is 0.233. The highest BCUT2D eigenvalue weighted by Crippen LogP contribution is 2.72. The zero-order chi connectivity index (χ0) is 12.1. The summed E-state index contributed by atoms with van der Waals surface area (Å²) >= 11 is 0. The largest absolute Gasteiger partial charge is 0.388 e. The van der Waals surface area contributed by atoms with Crippen molar-refractivity contribution in [3.63, 3.8) is 0 Å². The molecule has 1 fully saturated rings. The summed E-state index contributed by atoms with van der Waals surface area (Å²) in [4.78, 5) is 0. The topological polar surface area (TPSA) is 20.2 Å². The molecule has 0 amide bonds. The summed E-state index contributed by atoms with van der Waals surface area (Å²) in [6, 6.07) is 8.23. The molecule has 1 nitrogen and oxygen atoms in total. The van der Waals surface area contributed by atoms with Gasteiger partial charge >= 0.3 is 0 Å². The van der Waals surface area contributed by atoms with Crippen LogP contribution in [0.15, 0.2) is 24.3 Å². The molecule has 1 N–H and O–H groups in total. The molecule has 1 aliphatic rings. The van der Waals surface area contributed by atoms with Crippen LogP contribution in [0, 0.1) is 23.7 Å². The van der Waals surface area contributed by atoms with Gasteiger partial charge in [-0.25, -0.2) is 0 Å². The van der Waals surface area contributed by atoms with E-state index in [1.54, 1.807) is 0 Å². The number of aryl methyl sites for hydroxylation is 1. The lowest BCUT2D eigenvalue weighted by Gasteiger charge is -2.13. The van der Waals surface area contributed by atoms with Crippen molar-refractivity contribution in [1.29, 1.82) is 0 Å². The Kier molecular flexibility index (Phi) is 2.43. The zero-order valence-electron chi connectivity index (χ0n) is 10.9. The van der Waals surface area contributed by atoms with Crippen molar-refractivity contribution in [2.24, 2.45) is 16.7 Å². The van der Waals surface area contributed by atoms with Gasteiger partial charge in [0.05, 0.1) is 6.10 Å². The van der Waals surface area contributed by atoms with Crippen LogP contribution in [0.5, 0.6) is 0 Å². The molecule has 1 aromatic carbocycles. The molecule has 1 aliphatic carbocycles. The summed E-state index contributed by atoms with van der Waals surface area (Å²) in [5.74, 6) is 0.364. The molecular formula is C15H22O. The standard InChI is InChI=1S/C15H22O/c1-10-6-8-11(9-7-10)12(16)13-14(2,3)15(13,4)5/h6-9,12-13,16H,1-5H3. The molecule has 0 aliphatic heterocycles.